The van der Waals surface area contributed by atoms with E-state index in [1.807, 2.05) is 0 Å². The molecule has 0 spiro atoms. The first-order valence-electron chi connectivity index (χ1n) is 6.35. The van der Waals surface area contributed by atoms with Crippen molar-refractivity contribution < 1.29 is 23.9 Å². The third-order valence-corrected chi connectivity index (χ3v) is 3.21. The molecular weight excluding hydrogens is 252 g/mol. The number of hydrogen-bond acceptors (Lipinski definition) is 5. The fraction of sp³-hybridized carbons (Fsp3) is 0.667. The summed E-state index contributed by atoms with van der Waals surface area (Å²) in [6.45, 7) is 0.649. The fourth-order valence-electron chi connectivity index (χ4n) is 2.25. The Morgan fingerprint density at radius 1 is 0.895 bits per heavy atom. The van der Waals surface area contributed by atoms with E-state index in [2.05, 4.69) is 4.74 Å². The zero-order valence-electron chi connectivity index (χ0n) is 10.6. The lowest BCUT2D eigenvalue weighted by Crippen LogP contribution is -2.36. The number of nitrogens with zero attached hydrogens (tertiary/aromatic N) is 2. The van der Waals surface area contributed by atoms with Crippen molar-refractivity contribution in [2.45, 2.75) is 25.7 Å². The lowest BCUT2D eigenvalue weighted by atomic mass is 10.4. The Labute approximate surface area is 110 Å². The summed E-state index contributed by atoms with van der Waals surface area (Å²) < 4.78 is 4.61. The molecule has 0 bridgehead atoms. The van der Waals surface area contributed by atoms with E-state index in [1.54, 1.807) is 0 Å². The van der Waals surface area contributed by atoms with Crippen molar-refractivity contribution in [3.05, 3.63) is 0 Å². The standard InChI is InChI=1S/C12H16N2O5/c15-9-3-1-5-13(9)7-11(17)19-12(18)8-14-6-2-4-10(14)16/h1-8H2. The number of carbonyl (C=O) groups excluding carboxylic acids is 4. The van der Waals surface area contributed by atoms with Crippen LogP contribution in [0, 0.1) is 0 Å². The van der Waals surface area contributed by atoms with Crippen LogP contribution in [-0.4, -0.2) is 59.7 Å². The molecule has 0 aromatic heterocycles. The lowest BCUT2D eigenvalue weighted by Gasteiger charge is -2.16. The van der Waals surface area contributed by atoms with Gasteiger partial charge >= 0.3 is 11.9 Å². The normalized spacial score (nSPS) is 19.2. The Kier molecular flexibility index (Phi) is 4.13. The first-order chi connectivity index (χ1) is 9.06. The number of likely N-dealkylation sites (tertiary alicyclic amines) is 2. The van der Waals surface area contributed by atoms with Crippen molar-refractivity contribution in [3.8, 4) is 0 Å². The van der Waals surface area contributed by atoms with Gasteiger partial charge in [-0.3, -0.25) is 9.59 Å². The molecule has 7 nitrogen and oxygen atoms in total. The Hall–Kier alpha value is -1.92. The second-order valence-corrected chi connectivity index (χ2v) is 4.68. The molecule has 0 unspecified atom stereocenters. The monoisotopic (exact) mass is 268 g/mol. The highest BCUT2D eigenvalue weighted by Gasteiger charge is 2.26. The minimum atomic E-state index is -0.744. The molecule has 2 aliphatic rings. The second-order valence-electron chi connectivity index (χ2n) is 4.68. The molecule has 0 aliphatic carbocycles. The SMILES string of the molecule is O=C(CN1CCCC1=O)OC(=O)CN1CCCC1=O. The van der Waals surface area contributed by atoms with E-state index in [0.29, 0.717) is 25.9 Å². The Morgan fingerprint density at radius 3 is 1.63 bits per heavy atom. The molecule has 2 fully saturated rings. The highest BCUT2D eigenvalue weighted by Crippen LogP contribution is 2.10. The van der Waals surface area contributed by atoms with Gasteiger partial charge in [-0.1, -0.05) is 0 Å². The summed E-state index contributed by atoms with van der Waals surface area (Å²) in [7, 11) is 0. The average Bonchev–Trinajstić information content (AvgIpc) is 2.90. The molecule has 2 amide bonds. The number of carbonyl (C=O) groups is 4. The fourth-order valence-corrected chi connectivity index (χ4v) is 2.25. The van der Waals surface area contributed by atoms with Gasteiger partial charge in [0.1, 0.15) is 13.1 Å². The minimum absolute atomic E-state index is 0.0980. The molecule has 2 saturated heterocycles. The minimum Gasteiger partial charge on any atom is -0.390 e. The maximum Gasteiger partial charge on any atom is 0.333 e. The third-order valence-electron chi connectivity index (χ3n) is 3.21. The Bertz CT molecular complexity index is 382. The van der Waals surface area contributed by atoms with Crippen molar-refractivity contribution in [2.75, 3.05) is 26.2 Å². The predicted molar refractivity (Wildman–Crippen MR) is 62.7 cm³/mol. The van der Waals surface area contributed by atoms with Gasteiger partial charge < -0.3 is 14.5 Å². The molecule has 0 N–H and O–H groups in total. The highest BCUT2D eigenvalue weighted by atomic mass is 16.6. The topological polar surface area (TPSA) is 84.0 Å². The molecule has 0 atom stereocenters. The van der Waals surface area contributed by atoms with E-state index in [0.717, 1.165) is 12.8 Å². The molecule has 0 aromatic rings. The van der Waals surface area contributed by atoms with Gasteiger partial charge in [-0.15, -0.1) is 0 Å². The number of esters is 2. The van der Waals surface area contributed by atoms with Crippen molar-refractivity contribution in [1.29, 1.82) is 0 Å². The van der Waals surface area contributed by atoms with E-state index in [9.17, 15) is 19.2 Å². The summed E-state index contributed by atoms with van der Waals surface area (Å²) in [5, 5.41) is 0. The van der Waals surface area contributed by atoms with Crippen LogP contribution in [0.3, 0.4) is 0 Å². The van der Waals surface area contributed by atoms with Gasteiger partial charge in [0.15, 0.2) is 0 Å². The quantitative estimate of drug-likeness (QED) is 0.497. The highest BCUT2D eigenvalue weighted by molar-refractivity contribution is 5.91. The lowest BCUT2D eigenvalue weighted by molar-refractivity contribution is -0.163. The molecule has 2 aliphatic heterocycles. The zero-order chi connectivity index (χ0) is 13.8. The molecule has 2 heterocycles. The van der Waals surface area contributed by atoms with Crippen LogP contribution in [0.2, 0.25) is 0 Å². The third kappa shape index (κ3) is 3.52. The van der Waals surface area contributed by atoms with Crippen molar-refractivity contribution in [3.63, 3.8) is 0 Å². The van der Waals surface area contributed by atoms with Gasteiger partial charge in [-0.2, -0.15) is 0 Å². The van der Waals surface area contributed by atoms with Crippen LogP contribution in [0.5, 0.6) is 0 Å². The average molecular weight is 268 g/mol. The van der Waals surface area contributed by atoms with E-state index in [1.165, 1.54) is 9.80 Å². The molecule has 0 radical (unpaired) electrons. The van der Waals surface area contributed by atoms with Crippen LogP contribution in [0.25, 0.3) is 0 Å². The molecule has 0 aromatic carbocycles. The first kappa shape index (κ1) is 13.5. The van der Waals surface area contributed by atoms with Crippen LogP contribution >= 0.6 is 0 Å². The van der Waals surface area contributed by atoms with Crippen molar-refractivity contribution >= 4 is 23.8 Å². The van der Waals surface area contributed by atoms with Gasteiger partial charge in [0.25, 0.3) is 0 Å². The van der Waals surface area contributed by atoms with Crippen LogP contribution in [0.15, 0.2) is 0 Å². The molecule has 0 saturated carbocycles. The zero-order valence-corrected chi connectivity index (χ0v) is 10.6. The molecule has 2 rings (SSSR count). The van der Waals surface area contributed by atoms with Gasteiger partial charge in [-0.25, -0.2) is 9.59 Å². The predicted octanol–water partition coefficient (Wildman–Crippen LogP) is -0.699. The molecular formula is C12H16N2O5. The summed E-state index contributed by atoms with van der Waals surface area (Å²) >= 11 is 0. The van der Waals surface area contributed by atoms with E-state index >= 15 is 0 Å². The van der Waals surface area contributed by atoms with E-state index in [-0.39, 0.29) is 24.9 Å². The van der Waals surface area contributed by atoms with E-state index in [4.69, 9.17) is 0 Å². The van der Waals surface area contributed by atoms with E-state index < -0.39 is 11.9 Å². The van der Waals surface area contributed by atoms with Crippen LogP contribution in [0.1, 0.15) is 25.7 Å². The maximum atomic E-state index is 11.5. The number of ether oxygens (including phenoxy) is 1. The number of rotatable bonds is 4. The smallest absolute Gasteiger partial charge is 0.333 e. The molecule has 19 heavy (non-hydrogen) atoms. The Morgan fingerprint density at radius 2 is 1.32 bits per heavy atom. The maximum absolute atomic E-state index is 11.5. The second kappa shape index (κ2) is 5.81. The van der Waals surface area contributed by atoms with Gasteiger partial charge in [-0.05, 0) is 12.8 Å². The van der Waals surface area contributed by atoms with Gasteiger partial charge in [0.05, 0.1) is 0 Å². The van der Waals surface area contributed by atoms with Crippen LogP contribution in [-0.2, 0) is 23.9 Å². The summed E-state index contributed by atoms with van der Waals surface area (Å²) in [6.07, 6.45) is 2.32. The summed E-state index contributed by atoms with van der Waals surface area (Å²) in [5.74, 6) is -1.68. The first-order valence-corrected chi connectivity index (χ1v) is 6.35. The summed E-state index contributed by atoms with van der Waals surface area (Å²) in [6, 6.07) is 0. The Balaban J connectivity index is 1.74. The molecule has 104 valence electrons. The number of hydrogen-bond donors (Lipinski definition) is 0. The van der Waals surface area contributed by atoms with Crippen molar-refractivity contribution in [1.82, 2.24) is 9.80 Å². The van der Waals surface area contributed by atoms with Crippen LogP contribution < -0.4 is 0 Å². The summed E-state index contributed by atoms with van der Waals surface area (Å²) in [4.78, 5) is 48.3. The largest absolute Gasteiger partial charge is 0.390 e. The summed E-state index contributed by atoms with van der Waals surface area (Å²) in [5.41, 5.74) is 0. The number of amides is 2. The molecule has 7 heteroatoms. The van der Waals surface area contributed by atoms with Crippen molar-refractivity contribution in [2.24, 2.45) is 0 Å². The van der Waals surface area contributed by atoms with Gasteiger partial charge in [0.2, 0.25) is 11.8 Å². The van der Waals surface area contributed by atoms with Crippen LogP contribution in [0.4, 0.5) is 0 Å². The van der Waals surface area contributed by atoms with Gasteiger partial charge in [0, 0.05) is 25.9 Å².